The quantitative estimate of drug-likeness (QED) is 0.828. The summed E-state index contributed by atoms with van der Waals surface area (Å²) in [4.78, 5) is 0. The maximum absolute atomic E-state index is 6.10. The van der Waals surface area contributed by atoms with Gasteiger partial charge in [-0.2, -0.15) is 0 Å². The van der Waals surface area contributed by atoms with Crippen LogP contribution in [0, 0.1) is 13.8 Å². The van der Waals surface area contributed by atoms with E-state index in [1.165, 1.54) is 0 Å². The topological polar surface area (TPSA) is 35.2 Å². The lowest BCUT2D eigenvalue weighted by Gasteiger charge is -2.14. The average molecular weight is 296 g/mol. The highest BCUT2D eigenvalue weighted by molar-refractivity contribution is 6.35. The summed E-state index contributed by atoms with van der Waals surface area (Å²) in [5.74, 6) is 0.682. The van der Waals surface area contributed by atoms with Gasteiger partial charge in [0.05, 0.1) is 5.69 Å². The summed E-state index contributed by atoms with van der Waals surface area (Å²) in [6.07, 6.45) is 0. The number of hydrogen-bond donors (Lipinski definition) is 1. The minimum atomic E-state index is 0.298. The molecular weight excluding hydrogens is 281 g/mol. The standard InChI is InChI=1S/C15H15Cl2NO/c1-9-6-10(2)15(14(18)7-9)19-8-11-12(16)4-3-5-13(11)17/h3-7H,8,18H2,1-2H3. The van der Waals surface area contributed by atoms with Gasteiger partial charge in [0.1, 0.15) is 12.4 Å². The van der Waals surface area contributed by atoms with Crippen LogP contribution >= 0.6 is 23.2 Å². The van der Waals surface area contributed by atoms with Crippen LogP contribution in [0.5, 0.6) is 5.75 Å². The van der Waals surface area contributed by atoms with Gasteiger partial charge in [-0.3, -0.25) is 0 Å². The molecule has 0 amide bonds. The lowest BCUT2D eigenvalue weighted by Crippen LogP contribution is -2.02. The lowest BCUT2D eigenvalue weighted by atomic mass is 10.1. The summed E-state index contributed by atoms with van der Waals surface area (Å²) in [6, 6.07) is 9.30. The van der Waals surface area contributed by atoms with Gasteiger partial charge in [-0.15, -0.1) is 0 Å². The van der Waals surface area contributed by atoms with E-state index in [9.17, 15) is 0 Å². The number of halogens is 2. The first-order chi connectivity index (χ1) is 8.99. The first-order valence-corrected chi connectivity index (χ1v) is 6.67. The van der Waals surface area contributed by atoms with Crippen LogP contribution in [-0.2, 0) is 6.61 Å². The van der Waals surface area contributed by atoms with Gasteiger partial charge in [0.15, 0.2) is 0 Å². The number of nitrogen functional groups attached to an aromatic ring is 1. The van der Waals surface area contributed by atoms with Crippen molar-refractivity contribution in [2.75, 3.05) is 5.73 Å². The van der Waals surface area contributed by atoms with Gasteiger partial charge in [-0.05, 0) is 43.2 Å². The van der Waals surface area contributed by atoms with Gasteiger partial charge < -0.3 is 10.5 Å². The molecule has 0 fully saturated rings. The molecule has 0 aliphatic heterocycles. The molecular formula is C15H15Cl2NO. The summed E-state index contributed by atoms with van der Waals surface area (Å²) in [5, 5.41) is 1.19. The molecule has 2 rings (SSSR count). The fourth-order valence-electron chi connectivity index (χ4n) is 2.00. The largest absolute Gasteiger partial charge is 0.486 e. The van der Waals surface area contributed by atoms with Crippen molar-refractivity contribution in [3.05, 3.63) is 57.1 Å². The Balaban J connectivity index is 2.24. The maximum atomic E-state index is 6.10. The second kappa shape index (κ2) is 5.72. The Kier molecular flexibility index (Phi) is 4.23. The minimum Gasteiger partial charge on any atom is -0.486 e. The fraction of sp³-hybridized carbons (Fsp3) is 0.200. The SMILES string of the molecule is Cc1cc(C)c(OCc2c(Cl)cccc2Cl)c(N)c1. The molecule has 0 aromatic heterocycles. The van der Waals surface area contributed by atoms with Crippen molar-refractivity contribution < 1.29 is 4.74 Å². The summed E-state index contributed by atoms with van der Waals surface area (Å²) < 4.78 is 5.78. The smallest absolute Gasteiger partial charge is 0.145 e. The summed E-state index contributed by atoms with van der Waals surface area (Å²) >= 11 is 12.2. The van der Waals surface area contributed by atoms with Gasteiger partial charge in [0.25, 0.3) is 0 Å². The van der Waals surface area contributed by atoms with Crippen LogP contribution in [0.4, 0.5) is 5.69 Å². The number of benzene rings is 2. The van der Waals surface area contributed by atoms with Crippen LogP contribution in [-0.4, -0.2) is 0 Å². The lowest BCUT2D eigenvalue weighted by molar-refractivity contribution is 0.306. The second-order valence-corrected chi connectivity index (χ2v) is 5.30. The van der Waals surface area contributed by atoms with E-state index in [4.69, 9.17) is 33.7 Å². The fourth-order valence-corrected chi connectivity index (χ4v) is 2.51. The Morgan fingerprint density at radius 1 is 1.11 bits per heavy atom. The minimum absolute atomic E-state index is 0.298. The van der Waals surface area contributed by atoms with E-state index < -0.39 is 0 Å². The summed E-state index contributed by atoms with van der Waals surface area (Å²) in [7, 11) is 0. The molecule has 0 saturated carbocycles. The Morgan fingerprint density at radius 2 is 1.74 bits per heavy atom. The molecule has 0 spiro atoms. The third kappa shape index (κ3) is 3.14. The van der Waals surface area contributed by atoms with E-state index in [1.807, 2.05) is 26.0 Å². The first-order valence-electron chi connectivity index (χ1n) is 5.91. The molecule has 2 nitrogen and oxygen atoms in total. The van der Waals surface area contributed by atoms with Gasteiger partial charge in [-0.1, -0.05) is 35.3 Å². The molecule has 0 atom stereocenters. The summed E-state index contributed by atoms with van der Waals surface area (Å²) in [6.45, 7) is 4.26. The van der Waals surface area contributed by atoms with Gasteiger partial charge in [-0.25, -0.2) is 0 Å². The number of nitrogens with two attached hydrogens (primary N) is 1. The first kappa shape index (κ1) is 14.0. The van der Waals surface area contributed by atoms with Gasteiger partial charge in [0, 0.05) is 15.6 Å². The van der Waals surface area contributed by atoms with Gasteiger partial charge >= 0.3 is 0 Å². The van der Waals surface area contributed by atoms with Crippen molar-refractivity contribution >= 4 is 28.9 Å². The van der Waals surface area contributed by atoms with Crippen molar-refractivity contribution in [1.29, 1.82) is 0 Å². The van der Waals surface area contributed by atoms with Crippen molar-refractivity contribution in [1.82, 2.24) is 0 Å². The zero-order valence-corrected chi connectivity index (χ0v) is 12.3. The van der Waals surface area contributed by atoms with Crippen LogP contribution in [0.1, 0.15) is 16.7 Å². The maximum Gasteiger partial charge on any atom is 0.145 e. The monoisotopic (exact) mass is 295 g/mol. The third-order valence-corrected chi connectivity index (χ3v) is 3.58. The molecule has 0 unspecified atom stereocenters. The number of rotatable bonds is 3. The molecule has 0 aliphatic carbocycles. The van der Waals surface area contributed by atoms with Crippen molar-refractivity contribution in [2.24, 2.45) is 0 Å². The molecule has 0 radical (unpaired) electrons. The Labute approximate surface area is 123 Å². The highest BCUT2D eigenvalue weighted by atomic mass is 35.5. The molecule has 4 heteroatoms. The number of anilines is 1. The highest BCUT2D eigenvalue weighted by Crippen LogP contribution is 2.31. The number of ether oxygens (including phenoxy) is 1. The average Bonchev–Trinajstić information content (AvgIpc) is 2.31. The Hall–Kier alpha value is -1.38. The molecule has 0 aliphatic rings. The molecule has 0 heterocycles. The van der Waals surface area contributed by atoms with Crippen LogP contribution in [0.3, 0.4) is 0 Å². The summed E-state index contributed by atoms with van der Waals surface area (Å²) in [5.41, 5.74) is 9.48. The highest BCUT2D eigenvalue weighted by Gasteiger charge is 2.10. The molecule has 100 valence electrons. The molecule has 19 heavy (non-hydrogen) atoms. The van der Waals surface area contributed by atoms with Crippen LogP contribution in [0.2, 0.25) is 10.0 Å². The van der Waals surface area contributed by atoms with Crippen LogP contribution < -0.4 is 10.5 Å². The van der Waals surface area contributed by atoms with E-state index in [0.717, 1.165) is 16.7 Å². The van der Waals surface area contributed by atoms with Crippen LogP contribution in [0.15, 0.2) is 30.3 Å². The Bertz CT molecular complexity index is 568. The molecule has 0 saturated heterocycles. The zero-order valence-electron chi connectivity index (χ0n) is 10.8. The zero-order chi connectivity index (χ0) is 14.0. The van der Waals surface area contributed by atoms with E-state index in [-0.39, 0.29) is 0 Å². The molecule has 2 N–H and O–H groups in total. The van der Waals surface area contributed by atoms with Crippen molar-refractivity contribution in [3.63, 3.8) is 0 Å². The number of aryl methyl sites for hydroxylation is 2. The molecule has 2 aromatic carbocycles. The van der Waals surface area contributed by atoms with E-state index in [0.29, 0.717) is 28.1 Å². The third-order valence-electron chi connectivity index (χ3n) is 2.87. The second-order valence-electron chi connectivity index (χ2n) is 4.49. The number of hydrogen-bond acceptors (Lipinski definition) is 2. The predicted octanol–water partition coefficient (Wildman–Crippen LogP) is 4.77. The Morgan fingerprint density at radius 3 is 2.32 bits per heavy atom. The van der Waals surface area contributed by atoms with E-state index in [1.54, 1.807) is 18.2 Å². The molecule has 2 aromatic rings. The van der Waals surface area contributed by atoms with Crippen molar-refractivity contribution in [2.45, 2.75) is 20.5 Å². The normalized spacial score (nSPS) is 10.5. The van der Waals surface area contributed by atoms with Gasteiger partial charge in [0.2, 0.25) is 0 Å². The van der Waals surface area contributed by atoms with Crippen LogP contribution in [0.25, 0.3) is 0 Å². The van der Waals surface area contributed by atoms with Crippen molar-refractivity contribution in [3.8, 4) is 5.75 Å². The van der Waals surface area contributed by atoms with E-state index >= 15 is 0 Å². The van der Waals surface area contributed by atoms with E-state index in [2.05, 4.69) is 0 Å². The predicted molar refractivity (Wildman–Crippen MR) is 81.1 cm³/mol. The molecule has 0 bridgehead atoms.